The molecule has 1 aromatic heterocycles. The van der Waals surface area contributed by atoms with Gasteiger partial charge in [-0.15, -0.1) is 0 Å². The molecule has 148 valence electrons. The first-order valence-electron chi connectivity index (χ1n) is 9.46. The number of anilines is 1. The van der Waals surface area contributed by atoms with Crippen molar-refractivity contribution in [3.8, 4) is 17.1 Å². The summed E-state index contributed by atoms with van der Waals surface area (Å²) >= 11 is 0. The Morgan fingerprint density at radius 3 is 2.72 bits per heavy atom. The van der Waals surface area contributed by atoms with Crippen molar-refractivity contribution in [2.75, 3.05) is 19.0 Å². The minimum absolute atomic E-state index is 0.0700. The molecule has 6 heteroatoms. The average molecular weight is 390 g/mol. The highest BCUT2D eigenvalue weighted by Gasteiger charge is 2.22. The SMILES string of the molecule is COc1cccc(C(=O)Nc2cccc(-c3cc4c(o3)CCN(C(C)=O)C4)c2)c1. The van der Waals surface area contributed by atoms with Crippen molar-refractivity contribution >= 4 is 17.5 Å². The standard InChI is InChI=1S/C23H22N2O4/c1-15(26)25-10-9-21-18(14-25)13-22(29-21)16-5-3-7-19(11-16)24-23(27)17-6-4-8-20(12-17)28-2/h3-8,11-13H,9-10,14H2,1-2H3,(H,24,27). The number of hydrogen-bond acceptors (Lipinski definition) is 4. The highest BCUT2D eigenvalue weighted by Crippen LogP contribution is 2.31. The Labute approximate surface area is 169 Å². The lowest BCUT2D eigenvalue weighted by Gasteiger charge is -2.24. The maximum absolute atomic E-state index is 12.6. The summed E-state index contributed by atoms with van der Waals surface area (Å²) in [7, 11) is 1.57. The van der Waals surface area contributed by atoms with Crippen LogP contribution in [-0.4, -0.2) is 30.4 Å². The maximum Gasteiger partial charge on any atom is 0.255 e. The second-order valence-corrected chi connectivity index (χ2v) is 7.02. The van der Waals surface area contributed by atoms with Crippen LogP contribution in [0.3, 0.4) is 0 Å². The van der Waals surface area contributed by atoms with Crippen molar-refractivity contribution < 1.29 is 18.7 Å². The Morgan fingerprint density at radius 1 is 1.10 bits per heavy atom. The number of methoxy groups -OCH3 is 1. The molecule has 0 fully saturated rings. The Kier molecular flexibility index (Phi) is 5.08. The normalized spacial score (nSPS) is 13.0. The third-order valence-corrected chi connectivity index (χ3v) is 5.05. The molecule has 0 unspecified atom stereocenters. The molecule has 1 aliphatic heterocycles. The highest BCUT2D eigenvalue weighted by atomic mass is 16.5. The van der Waals surface area contributed by atoms with E-state index in [2.05, 4.69) is 5.32 Å². The minimum Gasteiger partial charge on any atom is -0.497 e. The number of carbonyl (C=O) groups excluding carboxylic acids is 2. The Bertz CT molecular complexity index is 1070. The predicted molar refractivity (Wildman–Crippen MR) is 110 cm³/mol. The number of hydrogen-bond donors (Lipinski definition) is 1. The van der Waals surface area contributed by atoms with Crippen LogP contribution in [0.5, 0.6) is 5.75 Å². The second kappa shape index (κ2) is 7.83. The van der Waals surface area contributed by atoms with Crippen molar-refractivity contribution in [3.05, 3.63) is 71.5 Å². The van der Waals surface area contributed by atoms with Gasteiger partial charge in [0.25, 0.3) is 5.91 Å². The summed E-state index contributed by atoms with van der Waals surface area (Å²) in [6.07, 6.45) is 0.710. The smallest absolute Gasteiger partial charge is 0.255 e. The number of carbonyl (C=O) groups is 2. The lowest BCUT2D eigenvalue weighted by Crippen LogP contribution is -2.33. The van der Waals surface area contributed by atoms with E-state index in [1.54, 1.807) is 38.3 Å². The van der Waals surface area contributed by atoms with E-state index in [1.165, 1.54) is 0 Å². The van der Waals surface area contributed by atoms with Crippen LogP contribution in [-0.2, 0) is 17.8 Å². The Morgan fingerprint density at radius 2 is 1.93 bits per heavy atom. The van der Waals surface area contributed by atoms with E-state index in [-0.39, 0.29) is 11.8 Å². The summed E-state index contributed by atoms with van der Waals surface area (Å²) in [5, 5.41) is 2.91. The largest absolute Gasteiger partial charge is 0.497 e. The number of furan rings is 1. The van der Waals surface area contributed by atoms with Gasteiger partial charge in [-0.1, -0.05) is 18.2 Å². The molecule has 2 heterocycles. The first-order chi connectivity index (χ1) is 14.0. The summed E-state index contributed by atoms with van der Waals surface area (Å²) in [5.74, 6) is 2.14. The van der Waals surface area contributed by atoms with Gasteiger partial charge in [-0.25, -0.2) is 0 Å². The van der Waals surface area contributed by atoms with Gasteiger partial charge in [-0.3, -0.25) is 9.59 Å². The molecule has 0 aliphatic carbocycles. The molecule has 1 aliphatic rings. The van der Waals surface area contributed by atoms with Gasteiger partial charge in [0.15, 0.2) is 0 Å². The average Bonchev–Trinajstić information content (AvgIpc) is 3.17. The van der Waals surface area contributed by atoms with Crippen LogP contribution >= 0.6 is 0 Å². The van der Waals surface area contributed by atoms with Crippen molar-refractivity contribution in [3.63, 3.8) is 0 Å². The number of nitrogens with one attached hydrogen (secondary N) is 1. The fraction of sp³-hybridized carbons (Fsp3) is 0.217. The number of ether oxygens (including phenoxy) is 1. The third kappa shape index (κ3) is 4.01. The Hall–Kier alpha value is -3.54. The zero-order valence-electron chi connectivity index (χ0n) is 16.4. The van der Waals surface area contributed by atoms with Crippen molar-refractivity contribution in [2.24, 2.45) is 0 Å². The molecule has 0 radical (unpaired) electrons. The van der Waals surface area contributed by atoms with Gasteiger partial charge in [0.2, 0.25) is 5.91 Å². The van der Waals surface area contributed by atoms with E-state index >= 15 is 0 Å². The number of benzene rings is 2. The fourth-order valence-corrected chi connectivity index (χ4v) is 3.46. The summed E-state index contributed by atoms with van der Waals surface area (Å²) in [6, 6.07) is 16.5. The molecule has 0 bridgehead atoms. The quantitative estimate of drug-likeness (QED) is 0.728. The van der Waals surface area contributed by atoms with Crippen molar-refractivity contribution in [1.29, 1.82) is 0 Å². The van der Waals surface area contributed by atoms with E-state index < -0.39 is 0 Å². The molecule has 6 nitrogen and oxygen atoms in total. The number of nitrogens with zero attached hydrogens (tertiary/aromatic N) is 1. The van der Waals surface area contributed by atoms with Crippen LogP contribution in [0.4, 0.5) is 5.69 Å². The van der Waals surface area contributed by atoms with Gasteiger partial charge in [0, 0.05) is 48.8 Å². The van der Waals surface area contributed by atoms with Crippen molar-refractivity contribution in [1.82, 2.24) is 4.90 Å². The fourth-order valence-electron chi connectivity index (χ4n) is 3.46. The van der Waals surface area contributed by atoms with Gasteiger partial charge in [-0.2, -0.15) is 0 Å². The molecule has 0 saturated carbocycles. The van der Waals surface area contributed by atoms with Crippen LogP contribution in [0, 0.1) is 0 Å². The van der Waals surface area contributed by atoms with E-state index in [0.29, 0.717) is 36.5 Å². The molecule has 4 rings (SSSR count). The number of rotatable bonds is 4. The molecule has 0 saturated heterocycles. The molecule has 3 aromatic rings. The summed E-state index contributed by atoms with van der Waals surface area (Å²) in [5.41, 5.74) is 3.10. The first-order valence-corrected chi connectivity index (χ1v) is 9.46. The van der Waals surface area contributed by atoms with Crippen LogP contribution in [0.15, 0.2) is 59.0 Å². The summed E-state index contributed by atoms with van der Waals surface area (Å²) < 4.78 is 11.2. The van der Waals surface area contributed by atoms with Crippen LogP contribution in [0.2, 0.25) is 0 Å². The van der Waals surface area contributed by atoms with E-state index in [0.717, 1.165) is 22.6 Å². The third-order valence-electron chi connectivity index (χ3n) is 5.05. The molecule has 2 amide bonds. The van der Waals surface area contributed by atoms with Gasteiger partial charge in [0.1, 0.15) is 17.3 Å². The first kappa shape index (κ1) is 18.8. The predicted octanol–water partition coefficient (Wildman–Crippen LogP) is 4.11. The van der Waals surface area contributed by atoms with E-state index in [9.17, 15) is 9.59 Å². The number of fused-ring (bicyclic) bond motifs is 1. The van der Waals surface area contributed by atoms with Gasteiger partial charge in [0.05, 0.1) is 7.11 Å². The van der Waals surface area contributed by atoms with Gasteiger partial charge >= 0.3 is 0 Å². The van der Waals surface area contributed by atoms with E-state index in [1.807, 2.05) is 35.2 Å². The minimum atomic E-state index is -0.211. The molecule has 0 spiro atoms. The van der Waals surface area contributed by atoms with Crippen LogP contribution in [0.25, 0.3) is 11.3 Å². The molecular weight excluding hydrogens is 368 g/mol. The zero-order valence-corrected chi connectivity index (χ0v) is 16.4. The van der Waals surface area contributed by atoms with E-state index in [4.69, 9.17) is 9.15 Å². The van der Waals surface area contributed by atoms with Crippen LogP contribution < -0.4 is 10.1 Å². The molecule has 2 aromatic carbocycles. The summed E-state index contributed by atoms with van der Waals surface area (Å²) in [6.45, 7) is 2.83. The molecule has 1 N–H and O–H groups in total. The summed E-state index contributed by atoms with van der Waals surface area (Å²) in [4.78, 5) is 26.0. The maximum atomic E-state index is 12.6. The van der Waals surface area contributed by atoms with Crippen molar-refractivity contribution in [2.45, 2.75) is 19.9 Å². The molecule has 0 atom stereocenters. The van der Waals surface area contributed by atoms with Crippen LogP contribution in [0.1, 0.15) is 28.6 Å². The lowest BCUT2D eigenvalue weighted by atomic mass is 10.1. The molecule has 29 heavy (non-hydrogen) atoms. The molecular formula is C23H22N2O4. The number of amides is 2. The monoisotopic (exact) mass is 390 g/mol. The van der Waals surface area contributed by atoms with Gasteiger partial charge < -0.3 is 19.4 Å². The topological polar surface area (TPSA) is 71.8 Å². The second-order valence-electron chi connectivity index (χ2n) is 7.02. The highest BCUT2D eigenvalue weighted by molar-refractivity contribution is 6.04. The Balaban J connectivity index is 1.54. The zero-order chi connectivity index (χ0) is 20.4. The lowest BCUT2D eigenvalue weighted by molar-refractivity contribution is -0.129. The van der Waals surface area contributed by atoms with Gasteiger partial charge in [-0.05, 0) is 36.4 Å².